The van der Waals surface area contributed by atoms with Gasteiger partial charge in [0.2, 0.25) is 5.91 Å². The number of nitrogens with zero attached hydrogens (tertiary/aromatic N) is 5. The molecule has 1 N–H and O–H groups in total. The highest BCUT2D eigenvalue weighted by molar-refractivity contribution is 7.88. The molecule has 0 spiro atoms. The number of para-hydroxylation sites is 2. The third-order valence-electron chi connectivity index (χ3n) is 4.96. The third-order valence-corrected chi connectivity index (χ3v) is 6.69. The Labute approximate surface area is 167 Å². The molecule has 154 valence electrons. The van der Waals surface area contributed by atoms with Crippen molar-refractivity contribution in [2.45, 2.75) is 18.2 Å². The third kappa shape index (κ3) is 3.56. The molecule has 29 heavy (non-hydrogen) atoms. The van der Waals surface area contributed by atoms with Crippen molar-refractivity contribution in [2.24, 2.45) is 0 Å². The van der Waals surface area contributed by atoms with E-state index in [9.17, 15) is 18.0 Å². The SMILES string of the molecule is CC(=O)N1CC(C(=O)N2CCN(S(=O)(=O)c3ncn[nH]3)CC2)Oc2ccccc21. The number of carbonyl (C=O) groups is 2. The molecule has 3 heterocycles. The average molecular weight is 420 g/mol. The van der Waals surface area contributed by atoms with Crippen molar-refractivity contribution in [3.05, 3.63) is 30.6 Å². The van der Waals surface area contributed by atoms with Crippen LogP contribution in [0.5, 0.6) is 5.75 Å². The molecule has 2 aromatic rings. The van der Waals surface area contributed by atoms with Gasteiger partial charge in [0.25, 0.3) is 21.1 Å². The highest BCUT2D eigenvalue weighted by Gasteiger charge is 2.38. The maximum absolute atomic E-state index is 13.0. The summed E-state index contributed by atoms with van der Waals surface area (Å²) in [4.78, 5) is 31.8. The first-order chi connectivity index (χ1) is 13.9. The number of piperazine rings is 1. The number of ether oxygens (including phenoxy) is 1. The Morgan fingerprint density at radius 2 is 1.90 bits per heavy atom. The molecule has 4 rings (SSSR count). The Hall–Kier alpha value is -2.99. The molecule has 2 amide bonds. The van der Waals surface area contributed by atoms with Gasteiger partial charge >= 0.3 is 0 Å². The number of benzene rings is 1. The second-order valence-corrected chi connectivity index (χ2v) is 8.58. The summed E-state index contributed by atoms with van der Waals surface area (Å²) in [6, 6.07) is 7.06. The zero-order chi connectivity index (χ0) is 20.6. The largest absolute Gasteiger partial charge is 0.476 e. The minimum atomic E-state index is -3.77. The van der Waals surface area contributed by atoms with Crippen molar-refractivity contribution in [3.8, 4) is 5.75 Å². The molecule has 1 saturated heterocycles. The number of anilines is 1. The van der Waals surface area contributed by atoms with Gasteiger partial charge in [-0.2, -0.15) is 9.40 Å². The van der Waals surface area contributed by atoms with Crippen LogP contribution >= 0.6 is 0 Å². The van der Waals surface area contributed by atoms with Crippen LogP contribution in [0.4, 0.5) is 5.69 Å². The number of sulfonamides is 1. The summed E-state index contributed by atoms with van der Waals surface area (Å²) in [5.74, 6) is 0.0165. The summed E-state index contributed by atoms with van der Waals surface area (Å²) in [6.45, 7) is 2.25. The fourth-order valence-electron chi connectivity index (χ4n) is 3.45. The molecule has 1 aromatic carbocycles. The predicted octanol–water partition coefficient (Wildman–Crippen LogP) is -0.548. The van der Waals surface area contributed by atoms with Gasteiger partial charge in [0, 0.05) is 33.1 Å². The maximum Gasteiger partial charge on any atom is 0.278 e. The van der Waals surface area contributed by atoms with Crippen LogP contribution in [0.25, 0.3) is 0 Å². The summed E-state index contributed by atoms with van der Waals surface area (Å²) < 4.78 is 32.1. The minimum Gasteiger partial charge on any atom is -0.476 e. The molecule has 2 aliphatic rings. The fourth-order valence-corrected chi connectivity index (χ4v) is 4.69. The van der Waals surface area contributed by atoms with E-state index >= 15 is 0 Å². The maximum atomic E-state index is 13.0. The molecule has 1 atom stereocenters. The molecule has 11 nitrogen and oxygen atoms in total. The van der Waals surface area contributed by atoms with Gasteiger partial charge in [-0.05, 0) is 12.1 Å². The molecule has 2 aliphatic heterocycles. The van der Waals surface area contributed by atoms with Crippen LogP contribution in [0.3, 0.4) is 0 Å². The van der Waals surface area contributed by atoms with Gasteiger partial charge in [0.05, 0.1) is 12.2 Å². The van der Waals surface area contributed by atoms with Crippen molar-refractivity contribution in [1.29, 1.82) is 0 Å². The minimum absolute atomic E-state index is 0.113. The number of fused-ring (bicyclic) bond motifs is 1. The molecule has 1 aromatic heterocycles. The first-order valence-electron chi connectivity index (χ1n) is 9.06. The van der Waals surface area contributed by atoms with E-state index < -0.39 is 16.1 Å². The Kier molecular flexibility index (Phi) is 4.96. The van der Waals surface area contributed by atoms with Crippen molar-refractivity contribution < 1.29 is 22.7 Å². The molecule has 0 aliphatic carbocycles. The monoisotopic (exact) mass is 420 g/mol. The Morgan fingerprint density at radius 1 is 1.17 bits per heavy atom. The lowest BCUT2D eigenvalue weighted by atomic mass is 10.1. The van der Waals surface area contributed by atoms with Crippen LogP contribution in [0.2, 0.25) is 0 Å². The van der Waals surface area contributed by atoms with Gasteiger partial charge in [-0.3, -0.25) is 9.59 Å². The van der Waals surface area contributed by atoms with Gasteiger partial charge in [0.1, 0.15) is 12.1 Å². The van der Waals surface area contributed by atoms with E-state index in [1.54, 1.807) is 29.2 Å². The van der Waals surface area contributed by atoms with Crippen LogP contribution in [0, 0.1) is 0 Å². The van der Waals surface area contributed by atoms with E-state index in [2.05, 4.69) is 15.2 Å². The molecule has 1 fully saturated rings. The van der Waals surface area contributed by atoms with E-state index in [-0.39, 0.29) is 49.7 Å². The molecular formula is C17H20N6O5S. The van der Waals surface area contributed by atoms with Crippen LogP contribution in [-0.4, -0.2) is 83.4 Å². The fraction of sp³-hybridized carbons (Fsp3) is 0.412. The summed E-state index contributed by atoms with van der Waals surface area (Å²) in [5.41, 5.74) is 0.631. The molecular weight excluding hydrogens is 400 g/mol. The van der Waals surface area contributed by atoms with Gasteiger partial charge < -0.3 is 14.5 Å². The first kappa shape index (κ1) is 19.3. The number of aromatic nitrogens is 3. The van der Waals surface area contributed by atoms with E-state index in [0.29, 0.717) is 11.4 Å². The van der Waals surface area contributed by atoms with E-state index in [1.807, 2.05) is 0 Å². The Balaban J connectivity index is 1.44. The number of rotatable bonds is 3. The number of aromatic amines is 1. The topological polar surface area (TPSA) is 129 Å². The van der Waals surface area contributed by atoms with Crippen molar-refractivity contribution in [3.63, 3.8) is 0 Å². The van der Waals surface area contributed by atoms with Crippen molar-refractivity contribution in [2.75, 3.05) is 37.6 Å². The number of nitrogens with one attached hydrogen (secondary N) is 1. The van der Waals surface area contributed by atoms with Crippen molar-refractivity contribution >= 4 is 27.5 Å². The normalized spacial score (nSPS) is 20.1. The van der Waals surface area contributed by atoms with Gasteiger partial charge in [0.15, 0.2) is 6.10 Å². The van der Waals surface area contributed by atoms with Gasteiger partial charge in [-0.15, -0.1) is 0 Å². The lowest BCUT2D eigenvalue weighted by molar-refractivity contribution is -0.140. The van der Waals surface area contributed by atoms with E-state index in [1.165, 1.54) is 16.1 Å². The van der Waals surface area contributed by atoms with Crippen LogP contribution < -0.4 is 9.64 Å². The highest BCUT2D eigenvalue weighted by atomic mass is 32.2. The smallest absolute Gasteiger partial charge is 0.278 e. The van der Waals surface area contributed by atoms with Crippen molar-refractivity contribution in [1.82, 2.24) is 24.4 Å². The average Bonchev–Trinajstić information content (AvgIpc) is 3.28. The number of H-pyrrole nitrogens is 1. The summed E-state index contributed by atoms with van der Waals surface area (Å²) in [7, 11) is -3.77. The van der Waals surface area contributed by atoms with E-state index in [4.69, 9.17) is 4.74 Å². The lowest BCUT2D eigenvalue weighted by Crippen LogP contribution is -2.56. The second kappa shape index (κ2) is 7.44. The molecule has 1 unspecified atom stereocenters. The number of hydrogen-bond acceptors (Lipinski definition) is 7. The standard InChI is InChI=1S/C17H20N6O5S/c1-12(24)23-10-15(28-14-5-3-2-4-13(14)23)16(25)21-6-8-22(9-7-21)29(26,27)17-18-11-19-20-17/h2-5,11,15H,6-10H2,1H3,(H,18,19,20). The predicted molar refractivity (Wildman–Crippen MR) is 101 cm³/mol. The summed E-state index contributed by atoms with van der Waals surface area (Å²) in [6.07, 6.45) is 0.289. The van der Waals surface area contributed by atoms with Crippen LogP contribution in [0.15, 0.2) is 35.7 Å². The van der Waals surface area contributed by atoms with Crippen LogP contribution in [0.1, 0.15) is 6.92 Å². The molecule has 12 heteroatoms. The summed E-state index contributed by atoms with van der Waals surface area (Å²) in [5, 5.41) is 5.71. The van der Waals surface area contributed by atoms with Gasteiger partial charge in [-0.1, -0.05) is 12.1 Å². The molecule has 0 saturated carbocycles. The Bertz CT molecular complexity index is 1020. The first-order valence-corrected chi connectivity index (χ1v) is 10.5. The Morgan fingerprint density at radius 3 is 2.55 bits per heavy atom. The second-order valence-electron chi connectivity index (χ2n) is 6.72. The molecule has 0 bridgehead atoms. The zero-order valence-electron chi connectivity index (χ0n) is 15.7. The highest BCUT2D eigenvalue weighted by Crippen LogP contribution is 2.33. The van der Waals surface area contributed by atoms with Crippen LogP contribution in [-0.2, 0) is 19.6 Å². The summed E-state index contributed by atoms with van der Waals surface area (Å²) >= 11 is 0. The number of amides is 2. The van der Waals surface area contributed by atoms with Gasteiger partial charge in [-0.25, -0.2) is 18.5 Å². The lowest BCUT2D eigenvalue weighted by Gasteiger charge is -2.38. The number of hydrogen-bond donors (Lipinski definition) is 1. The number of carbonyl (C=O) groups excluding carboxylic acids is 2. The van der Waals surface area contributed by atoms with E-state index in [0.717, 1.165) is 6.33 Å². The molecule has 0 radical (unpaired) electrons. The quantitative estimate of drug-likeness (QED) is 0.705. The zero-order valence-corrected chi connectivity index (χ0v) is 16.5.